The summed E-state index contributed by atoms with van der Waals surface area (Å²) >= 11 is 0. The quantitative estimate of drug-likeness (QED) is 0.503. The van der Waals surface area contributed by atoms with E-state index < -0.39 is 5.69 Å². The summed E-state index contributed by atoms with van der Waals surface area (Å²) in [7, 11) is 0. The molecule has 1 aromatic carbocycles. The normalized spacial score (nSPS) is 10.6. The highest BCUT2D eigenvalue weighted by Gasteiger charge is 2.09. The van der Waals surface area contributed by atoms with Crippen LogP contribution in [0.1, 0.15) is 10.5 Å². The van der Waals surface area contributed by atoms with Crippen molar-refractivity contribution in [3.8, 4) is 16.8 Å². The Kier molecular flexibility index (Phi) is 3.82. The SMILES string of the molecule is O=C(Nc1ccc(-n2nn[nH]c2=O)cc1)c1ccc(-c2cn[nH]c2)cn1. The molecule has 0 saturated heterocycles. The lowest BCUT2D eigenvalue weighted by Gasteiger charge is -2.06. The third kappa shape index (κ3) is 2.98. The Bertz CT molecular complexity index is 1080. The van der Waals surface area contributed by atoms with Gasteiger partial charge in [-0.3, -0.25) is 14.9 Å². The molecule has 0 saturated carbocycles. The fourth-order valence-electron chi connectivity index (χ4n) is 2.36. The molecule has 0 unspecified atom stereocenters. The maximum absolute atomic E-state index is 12.3. The molecule has 3 aromatic heterocycles. The zero-order chi connectivity index (χ0) is 17.9. The first-order valence-corrected chi connectivity index (χ1v) is 7.58. The van der Waals surface area contributed by atoms with Crippen LogP contribution in [0.5, 0.6) is 0 Å². The van der Waals surface area contributed by atoms with E-state index in [1.54, 1.807) is 55.0 Å². The number of benzene rings is 1. The monoisotopic (exact) mass is 348 g/mol. The van der Waals surface area contributed by atoms with Crippen molar-refractivity contribution in [2.75, 3.05) is 5.32 Å². The molecule has 0 atom stereocenters. The van der Waals surface area contributed by atoms with Gasteiger partial charge < -0.3 is 5.32 Å². The van der Waals surface area contributed by atoms with Crippen LogP contribution in [0, 0.1) is 0 Å². The largest absolute Gasteiger partial charge is 0.365 e. The van der Waals surface area contributed by atoms with Gasteiger partial charge in [0.05, 0.1) is 11.9 Å². The Morgan fingerprint density at radius 3 is 2.50 bits per heavy atom. The Balaban J connectivity index is 1.48. The second-order valence-corrected chi connectivity index (χ2v) is 5.34. The molecule has 128 valence electrons. The van der Waals surface area contributed by atoms with Crippen LogP contribution < -0.4 is 11.0 Å². The van der Waals surface area contributed by atoms with E-state index in [9.17, 15) is 9.59 Å². The number of H-pyrrole nitrogens is 2. The van der Waals surface area contributed by atoms with Crippen LogP contribution in [0.25, 0.3) is 16.8 Å². The topological polar surface area (TPSA) is 134 Å². The summed E-state index contributed by atoms with van der Waals surface area (Å²) in [5, 5.41) is 18.6. The zero-order valence-corrected chi connectivity index (χ0v) is 13.2. The number of nitrogens with zero attached hydrogens (tertiary/aromatic N) is 5. The number of carbonyl (C=O) groups is 1. The maximum Gasteiger partial charge on any atom is 0.365 e. The van der Waals surface area contributed by atoms with Crippen molar-refractivity contribution in [2.45, 2.75) is 0 Å². The number of rotatable bonds is 4. The van der Waals surface area contributed by atoms with Gasteiger partial charge in [-0.15, -0.1) is 0 Å². The highest BCUT2D eigenvalue weighted by atomic mass is 16.2. The lowest BCUT2D eigenvalue weighted by Crippen LogP contribution is -2.16. The van der Waals surface area contributed by atoms with Crippen LogP contribution in [0.4, 0.5) is 5.69 Å². The summed E-state index contributed by atoms with van der Waals surface area (Å²) in [6.45, 7) is 0. The lowest BCUT2D eigenvalue weighted by molar-refractivity contribution is 0.102. The number of aromatic nitrogens is 7. The number of pyridine rings is 1. The second-order valence-electron chi connectivity index (χ2n) is 5.34. The standard InChI is InChI=1S/C16H12N8O2/c25-15(14-6-1-10(7-17-14)11-8-18-19-9-11)20-12-2-4-13(5-3-12)24-16(26)21-22-23-24/h1-9H,(H,18,19)(H,20,25)(H,21,23,26). The van der Waals surface area contributed by atoms with Gasteiger partial charge in [0.1, 0.15) is 5.69 Å². The number of hydrogen-bond acceptors (Lipinski definition) is 6. The van der Waals surface area contributed by atoms with E-state index in [1.165, 1.54) is 0 Å². The minimum atomic E-state index is -0.441. The van der Waals surface area contributed by atoms with E-state index in [-0.39, 0.29) is 11.6 Å². The van der Waals surface area contributed by atoms with Crippen LogP contribution in [-0.2, 0) is 0 Å². The first kappa shape index (κ1) is 15.4. The average molecular weight is 348 g/mol. The Hall–Kier alpha value is -4.08. The van der Waals surface area contributed by atoms with Crippen LogP contribution in [0.3, 0.4) is 0 Å². The van der Waals surface area contributed by atoms with Crippen molar-refractivity contribution in [1.82, 2.24) is 35.4 Å². The summed E-state index contributed by atoms with van der Waals surface area (Å²) in [5.41, 5.74) is 2.69. The molecule has 0 aliphatic carbocycles. The molecule has 4 aromatic rings. The average Bonchev–Trinajstić information content (AvgIpc) is 3.34. The minimum absolute atomic E-state index is 0.286. The molecular formula is C16H12N8O2. The first-order chi connectivity index (χ1) is 12.7. The van der Waals surface area contributed by atoms with Gasteiger partial charge in [-0.2, -0.15) is 9.78 Å². The molecule has 0 fully saturated rings. The predicted molar refractivity (Wildman–Crippen MR) is 91.8 cm³/mol. The molecule has 0 spiro atoms. The molecule has 3 N–H and O–H groups in total. The van der Waals surface area contributed by atoms with Crippen molar-refractivity contribution in [1.29, 1.82) is 0 Å². The minimum Gasteiger partial charge on any atom is -0.321 e. The van der Waals surface area contributed by atoms with Crippen molar-refractivity contribution >= 4 is 11.6 Å². The van der Waals surface area contributed by atoms with Crippen LogP contribution in [0.2, 0.25) is 0 Å². The van der Waals surface area contributed by atoms with Crippen molar-refractivity contribution in [2.24, 2.45) is 0 Å². The van der Waals surface area contributed by atoms with Gasteiger partial charge in [0.2, 0.25) is 0 Å². The van der Waals surface area contributed by atoms with E-state index in [4.69, 9.17) is 0 Å². The summed E-state index contributed by atoms with van der Waals surface area (Å²) < 4.78 is 1.11. The third-order valence-corrected chi connectivity index (χ3v) is 3.67. The van der Waals surface area contributed by atoms with E-state index in [1.807, 2.05) is 0 Å². The number of anilines is 1. The van der Waals surface area contributed by atoms with Gasteiger partial charge >= 0.3 is 5.69 Å². The third-order valence-electron chi connectivity index (χ3n) is 3.67. The van der Waals surface area contributed by atoms with Crippen molar-refractivity contribution in [3.63, 3.8) is 0 Å². The lowest BCUT2D eigenvalue weighted by atomic mass is 10.1. The molecule has 10 nitrogen and oxygen atoms in total. The van der Waals surface area contributed by atoms with E-state index in [0.717, 1.165) is 15.8 Å². The molecule has 0 aliphatic heterocycles. The Labute approximate surface area is 145 Å². The summed E-state index contributed by atoms with van der Waals surface area (Å²) in [6, 6.07) is 10.1. The van der Waals surface area contributed by atoms with Crippen molar-refractivity contribution < 1.29 is 4.79 Å². The van der Waals surface area contributed by atoms with Crippen molar-refractivity contribution in [3.05, 3.63) is 71.2 Å². The van der Waals surface area contributed by atoms with Gasteiger partial charge in [-0.25, -0.2) is 9.89 Å². The number of amides is 1. The summed E-state index contributed by atoms with van der Waals surface area (Å²) in [4.78, 5) is 28.0. The zero-order valence-electron chi connectivity index (χ0n) is 13.2. The molecule has 0 bridgehead atoms. The number of tetrazole rings is 1. The van der Waals surface area contributed by atoms with Gasteiger partial charge in [0, 0.05) is 29.2 Å². The summed E-state index contributed by atoms with van der Waals surface area (Å²) in [5.74, 6) is -0.338. The molecule has 0 radical (unpaired) electrons. The molecule has 3 heterocycles. The number of hydrogen-bond donors (Lipinski definition) is 3. The van der Waals surface area contributed by atoms with E-state index in [2.05, 4.69) is 36.0 Å². The fraction of sp³-hybridized carbons (Fsp3) is 0. The van der Waals surface area contributed by atoms with Crippen LogP contribution in [-0.4, -0.2) is 41.3 Å². The van der Waals surface area contributed by atoms with Gasteiger partial charge in [-0.1, -0.05) is 6.07 Å². The molecule has 1 amide bonds. The number of nitrogens with one attached hydrogen (secondary N) is 3. The highest BCUT2D eigenvalue weighted by molar-refractivity contribution is 6.03. The fourth-order valence-corrected chi connectivity index (χ4v) is 2.36. The first-order valence-electron chi connectivity index (χ1n) is 7.58. The van der Waals surface area contributed by atoms with E-state index >= 15 is 0 Å². The van der Waals surface area contributed by atoms with Gasteiger partial charge in [-0.05, 0) is 40.8 Å². The van der Waals surface area contributed by atoms with Crippen LogP contribution >= 0.6 is 0 Å². The molecule has 26 heavy (non-hydrogen) atoms. The molecule has 10 heteroatoms. The Morgan fingerprint density at radius 2 is 1.88 bits per heavy atom. The maximum atomic E-state index is 12.3. The highest BCUT2D eigenvalue weighted by Crippen LogP contribution is 2.17. The van der Waals surface area contributed by atoms with Crippen LogP contribution in [0.15, 0.2) is 59.8 Å². The van der Waals surface area contributed by atoms with Gasteiger partial charge in [0.15, 0.2) is 0 Å². The number of carbonyl (C=O) groups excluding carboxylic acids is 1. The molecule has 0 aliphatic rings. The number of aromatic amines is 2. The molecular weight excluding hydrogens is 336 g/mol. The second kappa shape index (κ2) is 6.43. The Morgan fingerprint density at radius 1 is 1.04 bits per heavy atom. The van der Waals surface area contributed by atoms with Gasteiger partial charge in [0.25, 0.3) is 5.91 Å². The smallest absolute Gasteiger partial charge is 0.321 e. The predicted octanol–water partition coefficient (Wildman–Crippen LogP) is 0.993. The summed E-state index contributed by atoms with van der Waals surface area (Å²) in [6.07, 6.45) is 5.04. The van der Waals surface area contributed by atoms with E-state index in [0.29, 0.717) is 11.4 Å². The molecule has 4 rings (SSSR count).